The van der Waals surface area contributed by atoms with Crippen LogP contribution in [0, 0.1) is 10.1 Å². The van der Waals surface area contributed by atoms with Gasteiger partial charge >= 0.3 is 5.97 Å². The number of esters is 1. The number of non-ortho nitro benzene ring substituents is 1. The van der Waals surface area contributed by atoms with Crippen LogP contribution in [0.5, 0.6) is 0 Å². The lowest BCUT2D eigenvalue weighted by atomic mass is 10.1. The summed E-state index contributed by atoms with van der Waals surface area (Å²) in [6.07, 6.45) is 1.66. The molecule has 32 heavy (non-hydrogen) atoms. The van der Waals surface area contributed by atoms with Gasteiger partial charge in [-0.15, -0.1) is 0 Å². The van der Waals surface area contributed by atoms with Crippen LogP contribution in [0.3, 0.4) is 0 Å². The highest BCUT2D eigenvalue weighted by molar-refractivity contribution is 7.13. The van der Waals surface area contributed by atoms with Gasteiger partial charge in [-0.2, -0.15) is 4.99 Å². The van der Waals surface area contributed by atoms with Gasteiger partial charge in [0.2, 0.25) is 0 Å². The molecule has 0 spiro atoms. The molecule has 2 aromatic carbocycles. The van der Waals surface area contributed by atoms with E-state index in [0.717, 1.165) is 16.7 Å². The van der Waals surface area contributed by atoms with E-state index in [0.29, 0.717) is 10.9 Å². The number of amides is 1. The quantitative estimate of drug-likeness (QED) is 0.151. The third-order valence-corrected chi connectivity index (χ3v) is 5.72. The van der Waals surface area contributed by atoms with Crippen molar-refractivity contribution in [1.29, 1.82) is 0 Å². The second kappa shape index (κ2) is 8.52. The normalized spacial score (nSPS) is 11.6. The van der Waals surface area contributed by atoms with Crippen LogP contribution >= 0.6 is 11.3 Å². The Morgan fingerprint density at radius 2 is 1.81 bits per heavy atom. The first-order chi connectivity index (χ1) is 15.4. The van der Waals surface area contributed by atoms with E-state index in [1.807, 2.05) is 18.2 Å². The maximum atomic E-state index is 12.8. The number of benzene rings is 2. The molecule has 0 aliphatic heterocycles. The second-order valence-corrected chi connectivity index (χ2v) is 7.58. The van der Waals surface area contributed by atoms with Crippen LogP contribution in [0.15, 0.2) is 65.8 Å². The lowest BCUT2D eigenvalue weighted by Crippen LogP contribution is -2.16. The summed E-state index contributed by atoms with van der Waals surface area (Å²) in [6.45, 7) is 1.66. The van der Waals surface area contributed by atoms with Crippen LogP contribution in [-0.2, 0) is 9.53 Å². The average molecular weight is 449 g/mol. The van der Waals surface area contributed by atoms with Gasteiger partial charge in [0.05, 0.1) is 17.0 Å². The Balaban J connectivity index is 1.90. The molecule has 0 saturated heterocycles. The summed E-state index contributed by atoms with van der Waals surface area (Å²) in [5.74, 6) is -2.45. The molecule has 0 fully saturated rings. The summed E-state index contributed by atoms with van der Waals surface area (Å²) >= 11 is 0.898. The van der Waals surface area contributed by atoms with Crippen LogP contribution in [0.25, 0.3) is 16.3 Å². The van der Waals surface area contributed by atoms with Crippen LogP contribution in [0.1, 0.15) is 27.0 Å². The molecule has 2 heterocycles. The van der Waals surface area contributed by atoms with Gasteiger partial charge in [-0.25, -0.2) is 4.79 Å². The molecule has 0 bridgehead atoms. The molecule has 160 valence electrons. The third kappa shape index (κ3) is 3.79. The number of carbonyl (C=O) groups excluding carboxylic acids is 3. The summed E-state index contributed by atoms with van der Waals surface area (Å²) in [7, 11) is 0. The van der Waals surface area contributed by atoms with Crippen molar-refractivity contribution in [2.45, 2.75) is 6.92 Å². The molecule has 0 N–H and O–H groups in total. The zero-order chi connectivity index (χ0) is 22.8. The second-order valence-electron chi connectivity index (χ2n) is 6.61. The molecule has 1 amide bonds. The molecule has 0 radical (unpaired) electrons. The van der Waals surface area contributed by atoms with Gasteiger partial charge in [0, 0.05) is 29.3 Å². The van der Waals surface area contributed by atoms with Gasteiger partial charge < -0.3 is 4.74 Å². The number of Topliss-reactive ketones (excluding diaryl/α,β-unsaturated/α-hetero) is 1. The SMILES string of the molecule is CCOC(=O)C(=O)c1sc(=NC(=O)c2ccc([N+](=O)[O-])cc2)n2ccc3ccccc3c12. The summed E-state index contributed by atoms with van der Waals surface area (Å²) in [5, 5.41) is 12.4. The Hall–Kier alpha value is -4.18. The van der Waals surface area contributed by atoms with Crippen LogP contribution in [0.4, 0.5) is 5.69 Å². The summed E-state index contributed by atoms with van der Waals surface area (Å²) in [5.41, 5.74) is 0.449. The van der Waals surface area contributed by atoms with Crippen molar-refractivity contribution in [2.24, 2.45) is 4.99 Å². The molecule has 9 nitrogen and oxygen atoms in total. The highest BCUT2D eigenvalue weighted by atomic mass is 32.1. The highest BCUT2D eigenvalue weighted by Crippen LogP contribution is 2.25. The smallest absolute Gasteiger partial charge is 0.380 e. The first-order valence-corrected chi connectivity index (χ1v) is 10.3. The van der Waals surface area contributed by atoms with Crippen LogP contribution < -0.4 is 4.80 Å². The maximum absolute atomic E-state index is 12.8. The topological polar surface area (TPSA) is 120 Å². The first kappa shape index (κ1) is 21.1. The van der Waals surface area contributed by atoms with Crippen molar-refractivity contribution in [3.05, 3.63) is 86.2 Å². The van der Waals surface area contributed by atoms with Gasteiger partial charge in [-0.05, 0) is 30.5 Å². The Bertz CT molecular complexity index is 1470. The Kier molecular flexibility index (Phi) is 5.61. The van der Waals surface area contributed by atoms with Crippen molar-refractivity contribution in [2.75, 3.05) is 6.61 Å². The van der Waals surface area contributed by atoms with Crippen molar-refractivity contribution in [3.63, 3.8) is 0 Å². The van der Waals surface area contributed by atoms with Crippen molar-refractivity contribution >= 4 is 51.0 Å². The van der Waals surface area contributed by atoms with E-state index < -0.39 is 22.6 Å². The molecule has 0 unspecified atom stereocenters. The number of thiazole rings is 1. The number of carbonyl (C=O) groups is 3. The molecular formula is C22H15N3O6S. The Labute approximate surface area is 184 Å². The molecular weight excluding hydrogens is 434 g/mol. The number of aromatic nitrogens is 1. The Morgan fingerprint density at radius 1 is 1.09 bits per heavy atom. The number of nitro groups is 1. The molecule has 10 heteroatoms. The summed E-state index contributed by atoms with van der Waals surface area (Å²) in [6, 6.07) is 14.2. The molecule has 4 rings (SSSR count). The molecule has 2 aromatic heterocycles. The van der Waals surface area contributed by atoms with Gasteiger partial charge in [-0.3, -0.25) is 24.1 Å². The third-order valence-electron chi connectivity index (χ3n) is 4.66. The van der Waals surface area contributed by atoms with E-state index in [-0.39, 0.29) is 27.5 Å². The fraction of sp³-hybridized carbons (Fsp3) is 0.0909. The maximum Gasteiger partial charge on any atom is 0.380 e. The number of ketones is 1. The first-order valence-electron chi connectivity index (χ1n) is 9.48. The van der Waals surface area contributed by atoms with Crippen molar-refractivity contribution in [3.8, 4) is 0 Å². The summed E-state index contributed by atoms with van der Waals surface area (Å²) < 4.78 is 6.44. The van der Waals surface area contributed by atoms with Gasteiger partial charge in [0.1, 0.15) is 4.88 Å². The molecule has 0 aliphatic rings. The van der Waals surface area contributed by atoms with E-state index in [1.54, 1.807) is 29.7 Å². The van der Waals surface area contributed by atoms with Gasteiger partial charge in [0.15, 0.2) is 4.80 Å². The Morgan fingerprint density at radius 3 is 2.50 bits per heavy atom. The van der Waals surface area contributed by atoms with E-state index in [9.17, 15) is 24.5 Å². The van der Waals surface area contributed by atoms with Crippen LogP contribution in [0.2, 0.25) is 0 Å². The zero-order valence-electron chi connectivity index (χ0n) is 16.7. The minimum Gasteiger partial charge on any atom is -0.460 e. The standard InChI is InChI=1S/C22H15N3O6S/c1-2-31-21(28)18(26)19-17-16-6-4-3-5-13(16)11-12-24(17)22(32-19)23-20(27)14-7-9-15(10-8-14)25(29)30/h3-12H,2H2,1H3. The largest absolute Gasteiger partial charge is 0.460 e. The van der Waals surface area contributed by atoms with Crippen molar-refractivity contribution < 1.29 is 24.0 Å². The number of hydrogen-bond donors (Lipinski definition) is 0. The highest BCUT2D eigenvalue weighted by Gasteiger charge is 2.25. The van der Waals surface area contributed by atoms with Gasteiger partial charge in [0.25, 0.3) is 17.4 Å². The molecule has 0 atom stereocenters. The summed E-state index contributed by atoms with van der Waals surface area (Å²) in [4.78, 5) is 52.3. The molecule has 4 aromatic rings. The number of fused-ring (bicyclic) bond motifs is 3. The lowest BCUT2D eigenvalue weighted by molar-refractivity contribution is -0.384. The fourth-order valence-corrected chi connectivity index (χ4v) is 4.24. The number of nitro benzene ring substituents is 1. The van der Waals surface area contributed by atoms with E-state index in [4.69, 9.17) is 4.74 Å². The monoisotopic (exact) mass is 449 g/mol. The lowest BCUT2D eigenvalue weighted by Gasteiger charge is -2.04. The minimum absolute atomic E-state index is 0.0532. The number of hydrogen-bond acceptors (Lipinski definition) is 7. The van der Waals surface area contributed by atoms with E-state index in [1.165, 1.54) is 24.3 Å². The number of nitrogens with zero attached hydrogens (tertiary/aromatic N) is 3. The van der Waals surface area contributed by atoms with Crippen molar-refractivity contribution in [1.82, 2.24) is 4.40 Å². The van der Waals surface area contributed by atoms with E-state index >= 15 is 0 Å². The van der Waals surface area contributed by atoms with Crippen LogP contribution in [-0.4, -0.2) is 33.6 Å². The number of rotatable bonds is 5. The molecule has 0 saturated carbocycles. The van der Waals surface area contributed by atoms with Gasteiger partial charge in [-0.1, -0.05) is 35.6 Å². The number of pyridine rings is 1. The average Bonchev–Trinajstić information content (AvgIpc) is 3.17. The predicted octanol–water partition coefficient (Wildman–Crippen LogP) is 3.55. The predicted molar refractivity (Wildman–Crippen MR) is 117 cm³/mol. The van der Waals surface area contributed by atoms with E-state index in [2.05, 4.69) is 4.99 Å². The molecule has 0 aliphatic carbocycles. The number of ether oxygens (including phenoxy) is 1. The fourth-order valence-electron chi connectivity index (χ4n) is 3.19. The zero-order valence-corrected chi connectivity index (χ0v) is 17.5. The minimum atomic E-state index is -0.988.